The highest BCUT2D eigenvalue weighted by molar-refractivity contribution is 8.15. The van der Waals surface area contributed by atoms with Gasteiger partial charge < -0.3 is 20.5 Å². The first-order chi connectivity index (χ1) is 13.0. The molecule has 27 heavy (non-hydrogen) atoms. The number of carbonyl (C=O) groups excluding carboxylic acids is 3. The number of thiophene rings is 1. The zero-order valence-corrected chi connectivity index (χ0v) is 15.4. The quantitative estimate of drug-likeness (QED) is 0.553. The van der Waals surface area contributed by atoms with Crippen LogP contribution in [0.3, 0.4) is 0 Å². The van der Waals surface area contributed by atoms with E-state index < -0.39 is 11.2 Å². The van der Waals surface area contributed by atoms with Crippen LogP contribution in [-0.4, -0.2) is 34.4 Å². The standard InChI is InChI=1S/C17H14N4O4S2/c22-14(19-11-5-3-10(4-6-11)16(24)25)8-13-15(23)20-17(27-13)21-18-9-12-2-1-7-26-12/h1-7,9,13H,8H2,(H,19,22)(H,24,25)(H,20,21,23)/p-1/b18-9-/t13-/m1/s1. The summed E-state index contributed by atoms with van der Waals surface area (Å²) in [6.07, 6.45) is 1.53. The first-order valence-electron chi connectivity index (χ1n) is 7.74. The van der Waals surface area contributed by atoms with Crippen LogP contribution in [0.15, 0.2) is 52.0 Å². The Hall–Kier alpha value is -2.98. The molecule has 1 aromatic carbocycles. The minimum absolute atomic E-state index is 0.0164. The topological polar surface area (TPSA) is 123 Å². The Kier molecular flexibility index (Phi) is 5.99. The molecular weight excluding hydrogens is 388 g/mol. The summed E-state index contributed by atoms with van der Waals surface area (Å²) in [5.74, 6) is -1.97. The fraction of sp³-hybridized carbons (Fsp3) is 0.118. The van der Waals surface area contributed by atoms with Gasteiger partial charge in [-0.3, -0.25) is 9.59 Å². The van der Waals surface area contributed by atoms with E-state index in [1.165, 1.54) is 35.6 Å². The Morgan fingerprint density at radius 3 is 2.70 bits per heavy atom. The van der Waals surface area contributed by atoms with Crippen LogP contribution < -0.4 is 15.7 Å². The zero-order chi connectivity index (χ0) is 19.2. The van der Waals surface area contributed by atoms with Crippen molar-refractivity contribution in [2.24, 2.45) is 10.2 Å². The fourth-order valence-electron chi connectivity index (χ4n) is 2.16. The van der Waals surface area contributed by atoms with Crippen molar-refractivity contribution < 1.29 is 19.5 Å². The minimum Gasteiger partial charge on any atom is -0.545 e. The number of benzene rings is 1. The van der Waals surface area contributed by atoms with Crippen LogP contribution in [0.25, 0.3) is 0 Å². The molecule has 2 N–H and O–H groups in total. The summed E-state index contributed by atoms with van der Waals surface area (Å²) in [7, 11) is 0. The highest BCUT2D eigenvalue weighted by Gasteiger charge is 2.32. The molecule has 1 atom stereocenters. The molecule has 3 rings (SSSR count). The van der Waals surface area contributed by atoms with Crippen molar-refractivity contribution in [2.45, 2.75) is 11.7 Å². The van der Waals surface area contributed by atoms with Gasteiger partial charge >= 0.3 is 0 Å². The number of aromatic carboxylic acids is 1. The molecular formula is C17H13N4O4S2-. The number of anilines is 1. The van der Waals surface area contributed by atoms with Gasteiger partial charge in [0.25, 0.3) is 0 Å². The second-order valence-corrected chi connectivity index (χ2v) is 7.55. The van der Waals surface area contributed by atoms with Gasteiger partial charge in [-0.1, -0.05) is 30.0 Å². The lowest BCUT2D eigenvalue weighted by molar-refractivity contribution is -0.255. The summed E-state index contributed by atoms with van der Waals surface area (Å²) in [5.41, 5.74) is 0.450. The molecule has 2 aromatic rings. The number of amidine groups is 1. The van der Waals surface area contributed by atoms with Crippen LogP contribution in [0.1, 0.15) is 21.7 Å². The highest BCUT2D eigenvalue weighted by Crippen LogP contribution is 2.23. The van der Waals surface area contributed by atoms with E-state index in [2.05, 4.69) is 20.8 Å². The van der Waals surface area contributed by atoms with Gasteiger partial charge in [0.15, 0.2) is 5.17 Å². The van der Waals surface area contributed by atoms with E-state index in [4.69, 9.17) is 0 Å². The van der Waals surface area contributed by atoms with Crippen LogP contribution in [0, 0.1) is 0 Å². The van der Waals surface area contributed by atoms with Crippen LogP contribution >= 0.6 is 23.1 Å². The molecule has 1 saturated heterocycles. The van der Waals surface area contributed by atoms with E-state index in [1.807, 2.05) is 17.5 Å². The maximum Gasteiger partial charge on any atom is 0.240 e. The number of carboxylic acid groups (broad SMARTS) is 1. The van der Waals surface area contributed by atoms with E-state index in [9.17, 15) is 19.5 Å². The van der Waals surface area contributed by atoms with Crippen LogP contribution in [0.5, 0.6) is 0 Å². The van der Waals surface area contributed by atoms with Gasteiger partial charge in [-0.2, -0.15) is 5.10 Å². The molecule has 1 aliphatic heterocycles. The first kappa shape index (κ1) is 18.8. The predicted molar refractivity (Wildman–Crippen MR) is 103 cm³/mol. The number of thioether (sulfide) groups is 1. The van der Waals surface area contributed by atoms with E-state index in [0.29, 0.717) is 10.9 Å². The maximum atomic E-state index is 12.1. The van der Waals surface area contributed by atoms with Crippen molar-refractivity contribution >= 4 is 58.0 Å². The summed E-state index contributed by atoms with van der Waals surface area (Å²) in [5, 5.41) is 25.4. The third-order valence-electron chi connectivity index (χ3n) is 3.43. The molecule has 0 radical (unpaired) electrons. The van der Waals surface area contributed by atoms with E-state index in [-0.39, 0.29) is 23.8 Å². The molecule has 1 aromatic heterocycles. The normalized spacial score (nSPS) is 18.0. The Morgan fingerprint density at radius 1 is 1.26 bits per heavy atom. The molecule has 0 unspecified atom stereocenters. The maximum absolute atomic E-state index is 12.1. The van der Waals surface area contributed by atoms with Gasteiger partial charge in [0, 0.05) is 17.0 Å². The Balaban J connectivity index is 1.53. The summed E-state index contributed by atoms with van der Waals surface area (Å²) >= 11 is 2.65. The van der Waals surface area contributed by atoms with Crippen molar-refractivity contribution in [3.8, 4) is 0 Å². The molecule has 2 heterocycles. The number of hydrogen-bond acceptors (Lipinski definition) is 8. The van der Waals surface area contributed by atoms with Crippen LogP contribution in [0.4, 0.5) is 5.69 Å². The van der Waals surface area contributed by atoms with Crippen molar-refractivity contribution in [2.75, 3.05) is 5.32 Å². The molecule has 8 nitrogen and oxygen atoms in total. The summed E-state index contributed by atoms with van der Waals surface area (Å²) < 4.78 is 0. The fourth-order valence-corrected chi connectivity index (χ4v) is 3.66. The lowest BCUT2D eigenvalue weighted by Crippen LogP contribution is -2.28. The van der Waals surface area contributed by atoms with Gasteiger partial charge in [-0.25, -0.2) is 0 Å². The van der Waals surface area contributed by atoms with Gasteiger partial charge in [0.2, 0.25) is 11.8 Å². The molecule has 1 fully saturated rings. The summed E-state index contributed by atoms with van der Waals surface area (Å²) in [6.45, 7) is 0. The van der Waals surface area contributed by atoms with Gasteiger partial charge in [-0.05, 0) is 29.1 Å². The lowest BCUT2D eigenvalue weighted by atomic mass is 10.2. The molecule has 138 valence electrons. The molecule has 0 saturated carbocycles. The largest absolute Gasteiger partial charge is 0.545 e. The second-order valence-electron chi connectivity index (χ2n) is 5.38. The SMILES string of the molecule is O=C(C[C@H]1S/C(=N/N=C\c2cccs2)NC1=O)Nc1ccc(C(=O)[O-])cc1. The average molecular weight is 401 g/mol. The van der Waals surface area contributed by atoms with Crippen molar-refractivity contribution in [3.63, 3.8) is 0 Å². The molecule has 0 spiro atoms. The van der Waals surface area contributed by atoms with Crippen molar-refractivity contribution in [1.82, 2.24) is 5.32 Å². The predicted octanol–water partition coefficient (Wildman–Crippen LogP) is 1.06. The number of hydrogen-bond donors (Lipinski definition) is 2. The lowest BCUT2D eigenvalue weighted by Gasteiger charge is -2.08. The van der Waals surface area contributed by atoms with Crippen LogP contribution in [-0.2, 0) is 9.59 Å². The first-order valence-corrected chi connectivity index (χ1v) is 9.50. The molecule has 1 aliphatic rings. The monoisotopic (exact) mass is 401 g/mol. The number of nitrogens with one attached hydrogen (secondary N) is 2. The summed E-state index contributed by atoms with van der Waals surface area (Å²) in [4.78, 5) is 35.7. The van der Waals surface area contributed by atoms with E-state index in [0.717, 1.165) is 16.6 Å². The third kappa shape index (κ3) is 5.25. The van der Waals surface area contributed by atoms with Crippen molar-refractivity contribution in [3.05, 3.63) is 52.2 Å². The van der Waals surface area contributed by atoms with E-state index in [1.54, 1.807) is 6.21 Å². The molecule has 0 aliphatic carbocycles. The number of amides is 2. The number of nitrogens with zero attached hydrogens (tertiary/aromatic N) is 2. The zero-order valence-electron chi connectivity index (χ0n) is 13.7. The Bertz CT molecular complexity index is 908. The van der Waals surface area contributed by atoms with Crippen molar-refractivity contribution in [1.29, 1.82) is 0 Å². The summed E-state index contributed by atoms with van der Waals surface area (Å²) in [6, 6.07) is 9.36. The molecule has 0 bridgehead atoms. The smallest absolute Gasteiger partial charge is 0.240 e. The van der Waals surface area contributed by atoms with Gasteiger partial charge in [-0.15, -0.1) is 16.4 Å². The van der Waals surface area contributed by atoms with Gasteiger partial charge in [0.05, 0.1) is 12.2 Å². The molecule has 10 heteroatoms. The number of rotatable bonds is 6. The van der Waals surface area contributed by atoms with Gasteiger partial charge in [0.1, 0.15) is 5.25 Å². The molecule has 2 amide bonds. The van der Waals surface area contributed by atoms with Crippen LogP contribution in [0.2, 0.25) is 0 Å². The Labute approximate surface area is 162 Å². The number of carbonyl (C=O) groups is 3. The highest BCUT2D eigenvalue weighted by atomic mass is 32.2. The van der Waals surface area contributed by atoms with E-state index >= 15 is 0 Å². The second kappa shape index (κ2) is 8.60. The Morgan fingerprint density at radius 2 is 2.04 bits per heavy atom. The minimum atomic E-state index is -1.29. The average Bonchev–Trinajstić information content (AvgIpc) is 3.26. The third-order valence-corrected chi connectivity index (χ3v) is 5.31. The number of carboxylic acids is 1.